The molecule has 1 aromatic carbocycles. The molecule has 90 valence electrons. The number of hydrogen-bond donors (Lipinski definition) is 2. The second-order valence-corrected chi connectivity index (χ2v) is 4.68. The predicted molar refractivity (Wildman–Crippen MR) is 65.0 cm³/mol. The van der Waals surface area contributed by atoms with E-state index < -0.39 is 0 Å². The summed E-state index contributed by atoms with van der Waals surface area (Å²) in [6, 6.07) is 5.90. The van der Waals surface area contributed by atoms with Crippen molar-refractivity contribution >= 4 is 10.9 Å². The first-order valence-corrected chi connectivity index (χ1v) is 6.09. The van der Waals surface area contributed by atoms with Crippen LogP contribution in [0.5, 0.6) is 5.75 Å². The largest absolute Gasteiger partial charge is 0.490 e. The van der Waals surface area contributed by atoms with E-state index in [2.05, 4.69) is 10.2 Å². The first-order chi connectivity index (χ1) is 8.31. The normalized spacial score (nSPS) is 25.0. The van der Waals surface area contributed by atoms with E-state index in [1.165, 1.54) is 0 Å². The van der Waals surface area contributed by atoms with Crippen molar-refractivity contribution in [3.8, 4) is 5.75 Å². The molecule has 0 unspecified atom stereocenters. The number of nitrogens with zero attached hydrogens (tertiary/aromatic N) is 1. The number of ether oxygens (including phenoxy) is 1. The SMILES string of the molecule is O[C@H]1CCC[C@@H](Oc2ccc3[nH]ncc3c2)C1. The lowest BCUT2D eigenvalue weighted by Gasteiger charge is -2.26. The van der Waals surface area contributed by atoms with Gasteiger partial charge in [-0.15, -0.1) is 0 Å². The molecule has 0 amide bonds. The second-order valence-electron chi connectivity index (χ2n) is 4.68. The van der Waals surface area contributed by atoms with E-state index in [1.54, 1.807) is 6.20 Å². The van der Waals surface area contributed by atoms with E-state index in [1.807, 2.05) is 18.2 Å². The molecule has 0 radical (unpaired) electrons. The molecule has 2 N–H and O–H groups in total. The highest BCUT2D eigenvalue weighted by molar-refractivity contribution is 5.79. The average Bonchev–Trinajstić information content (AvgIpc) is 2.76. The Morgan fingerprint density at radius 1 is 1.35 bits per heavy atom. The first kappa shape index (κ1) is 10.6. The number of rotatable bonds is 2. The van der Waals surface area contributed by atoms with Gasteiger partial charge in [-0.1, -0.05) is 0 Å². The van der Waals surface area contributed by atoms with Crippen molar-refractivity contribution in [3.63, 3.8) is 0 Å². The van der Waals surface area contributed by atoms with Crippen molar-refractivity contribution in [3.05, 3.63) is 24.4 Å². The van der Waals surface area contributed by atoms with Crippen LogP contribution in [-0.2, 0) is 0 Å². The van der Waals surface area contributed by atoms with Crippen molar-refractivity contribution in [1.82, 2.24) is 10.2 Å². The summed E-state index contributed by atoms with van der Waals surface area (Å²) < 4.78 is 5.90. The Morgan fingerprint density at radius 2 is 2.29 bits per heavy atom. The number of aliphatic hydroxyl groups is 1. The maximum atomic E-state index is 9.60. The number of aliphatic hydroxyl groups excluding tert-OH is 1. The fourth-order valence-electron chi connectivity index (χ4n) is 2.41. The van der Waals surface area contributed by atoms with Gasteiger partial charge in [-0.2, -0.15) is 5.10 Å². The molecule has 1 aliphatic rings. The second kappa shape index (κ2) is 4.37. The third kappa shape index (κ3) is 2.26. The van der Waals surface area contributed by atoms with Crippen LogP contribution in [-0.4, -0.2) is 27.5 Å². The van der Waals surface area contributed by atoms with Crippen LogP contribution in [0.1, 0.15) is 25.7 Å². The van der Waals surface area contributed by atoms with Crippen molar-refractivity contribution in [1.29, 1.82) is 0 Å². The molecule has 1 heterocycles. The zero-order valence-corrected chi connectivity index (χ0v) is 9.60. The highest BCUT2D eigenvalue weighted by Gasteiger charge is 2.21. The summed E-state index contributed by atoms with van der Waals surface area (Å²) in [5.74, 6) is 0.859. The molecule has 0 bridgehead atoms. The molecule has 2 aromatic rings. The quantitative estimate of drug-likeness (QED) is 0.834. The van der Waals surface area contributed by atoms with Crippen LogP contribution in [0.25, 0.3) is 10.9 Å². The number of H-pyrrole nitrogens is 1. The maximum Gasteiger partial charge on any atom is 0.120 e. The lowest BCUT2D eigenvalue weighted by atomic mass is 9.95. The Labute approximate surface area is 99.6 Å². The molecule has 1 aliphatic carbocycles. The zero-order chi connectivity index (χ0) is 11.7. The highest BCUT2D eigenvalue weighted by Crippen LogP contribution is 2.25. The number of aromatic amines is 1. The van der Waals surface area contributed by atoms with Crippen LogP contribution in [0.15, 0.2) is 24.4 Å². The minimum atomic E-state index is -0.202. The van der Waals surface area contributed by atoms with Crippen LogP contribution >= 0.6 is 0 Å². The molecule has 4 heteroatoms. The fraction of sp³-hybridized carbons (Fsp3) is 0.462. The Morgan fingerprint density at radius 3 is 3.18 bits per heavy atom. The smallest absolute Gasteiger partial charge is 0.120 e. The molecule has 1 aromatic heterocycles. The van der Waals surface area contributed by atoms with Gasteiger partial charge in [0.15, 0.2) is 0 Å². The Hall–Kier alpha value is -1.55. The topological polar surface area (TPSA) is 58.1 Å². The molecular weight excluding hydrogens is 216 g/mol. The van der Waals surface area contributed by atoms with E-state index in [0.29, 0.717) is 0 Å². The van der Waals surface area contributed by atoms with Crippen molar-refractivity contribution < 1.29 is 9.84 Å². The fourth-order valence-corrected chi connectivity index (χ4v) is 2.41. The van der Waals surface area contributed by atoms with Crippen LogP contribution in [0, 0.1) is 0 Å². The van der Waals surface area contributed by atoms with Crippen LogP contribution < -0.4 is 4.74 Å². The maximum absolute atomic E-state index is 9.60. The van der Waals surface area contributed by atoms with Crippen molar-refractivity contribution in [2.45, 2.75) is 37.9 Å². The van der Waals surface area contributed by atoms with Crippen LogP contribution in [0.4, 0.5) is 0 Å². The van der Waals surface area contributed by atoms with Gasteiger partial charge in [0.1, 0.15) is 11.9 Å². The van der Waals surface area contributed by atoms with Crippen LogP contribution in [0.3, 0.4) is 0 Å². The molecule has 17 heavy (non-hydrogen) atoms. The van der Waals surface area contributed by atoms with Gasteiger partial charge < -0.3 is 9.84 Å². The summed E-state index contributed by atoms with van der Waals surface area (Å²) in [7, 11) is 0. The molecule has 1 fully saturated rings. The molecular formula is C13H16N2O2. The average molecular weight is 232 g/mol. The standard InChI is InChI=1S/C13H16N2O2/c16-10-2-1-3-11(7-10)17-12-4-5-13-9(6-12)8-14-15-13/h4-6,8,10-11,16H,1-3,7H2,(H,14,15)/t10-,11+/m0/s1. The van der Waals surface area contributed by atoms with Crippen LogP contribution in [0.2, 0.25) is 0 Å². The van der Waals surface area contributed by atoms with E-state index in [9.17, 15) is 5.11 Å². The highest BCUT2D eigenvalue weighted by atomic mass is 16.5. The number of hydrogen-bond acceptors (Lipinski definition) is 3. The molecule has 4 nitrogen and oxygen atoms in total. The van der Waals surface area contributed by atoms with Crippen molar-refractivity contribution in [2.24, 2.45) is 0 Å². The molecule has 0 aliphatic heterocycles. The van der Waals surface area contributed by atoms with E-state index in [4.69, 9.17) is 4.74 Å². The van der Waals surface area contributed by atoms with E-state index >= 15 is 0 Å². The Balaban J connectivity index is 1.75. The van der Waals surface area contributed by atoms with Gasteiger partial charge >= 0.3 is 0 Å². The summed E-state index contributed by atoms with van der Waals surface area (Å²) in [5, 5.41) is 17.5. The summed E-state index contributed by atoms with van der Waals surface area (Å²) in [4.78, 5) is 0. The minimum Gasteiger partial charge on any atom is -0.490 e. The van der Waals surface area contributed by atoms with Gasteiger partial charge in [-0.3, -0.25) is 5.10 Å². The van der Waals surface area contributed by atoms with Gasteiger partial charge in [0.25, 0.3) is 0 Å². The third-order valence-corrected chi connectivity index (χ3v) is 3.31. The number of benzene rings is 1. The minimum absolute atomic E-state index is 0.142. The summed E-state index contributed by atoms with van der Waals surface area (Å²) in [6.07, 6.45) is 5.44. The third-order valence-electron chi connectivity index (χ3n) is 3.31. The summed E-state index contributed by atoms with van der Waals surface area (Å²) in [6.45, 7) is 0. The summed E-state index contributed by atoms with van der Waals surface area (Å²) in [5.41, 5.74) is 1.01. The Kier molecular flexibility index (Phi) is 2.73. The van der Waals surface area contributed by atoms with Gasteiger partial charge in [-0.25, -0.2) is 0 Å². The summed E-state index contributed by atoms with van der Waals surface area (Å²) >= 11 is 0. The predicted octanol–water partition coefficient (Wildman–Crippen LogP) is 2.25. The van der Waals surface area contributed by atoms with Gasteiger partial charge in [0, 0.05) is 11.8 Å². The number of fused-ring (bicyclic) bond motifs is 1. The lowest BCUT2D eigenvalue weighted by molar-refractivity contribution is 0.0537. The molecule has 3 rings (SSSR count). The monoisotopic (exact) mass is 232 g/mol. The lowest BCUT2D eigenvalue weighted by Crippen LogP contribution is -2.28. The van der Waals surface area contributed by atoms with E-state index in [-0.39, 0.29) is 12.2 Å². The molecule has 0 saturated heterocycles. The van der Waals surface area contributed by atoms with Gasteiger partial charge in [0.05, 0.1) is 17.8 Å². The zero-order valence-electron chi connectivity index (χ0n) is 9.60. The first-order valence-electron chi connectivity index (χ1n) is 6.09. The van der Waals surface area contributed by atoms with Gasteiger partial charge in [0.2, 0.25) is 0 Å². The van der Waals surface area contributed by atoms with Gasteiger partial charge in [-0.05, 0) is 37.5 Å². The molecule has 0 spiro atoms. The molecule has 2 atom stereocenters. The Bertz CT molecular complexity index is 509. The van der Waals surface area contributed by atoms with Crippen molar-refractivity contribution in [2.75, 3.05) is 0 Å². The van der Waals surface area contributed by atoms with E-state index in [0.717, 1.165) is 42.3 Å². The molecule has 1 saturated carbocycles. The number of nitrogens with one attached hydrogen (secondary N) is 1. The number of aromatic nitrogens is 2.